The fourth-order valence-corrected chi connectivity index (χ4v) is 2.62. The highest BCUT2D eigenvalue weighted by molar-refractivity contribution is 5.42. The molecular weight excluding hydrogens is 238 g/mol. The fraction of sp³-hybridized carbons (Fsp3) is 0.625. The van der Waals surface area contributed by atoms with E-state index in [0.29, 0.717) is 12.6 Å². The number of benzene rings is 1. The van der Waals surface area contributed by atoms with Gasteiger partial charge in [0.05, 0.1) is 7.11 Å². The molecule has 0 radical (unpaired) electrons. The molecule has 0 bridgehead atoms. The molecule has 106 valence electrons. The van der Waals surface area contributed by atoms with Crippen LogP contribution in [0.3, 0.4) is 0 Å². The lowest BCUT2D eigenvalue weighted by Gasteiger charge is -2.22. The van der Waals surface area contributed by atoms with Gasteiger partial charge in [0.1, 0.15) is 6.61 Å². The van der Waals surface area contributed by atoms with Crippen LogP contribution in [-0.2, 0) is 0 Å². The summed E-state index contributed by atoms with van der Waals surface area (Å²) < 4.78 is 11.1. The molecule has 0 unspecified atom stereocenters. The van der Waals surface area contributed by atoms with Crippen LogP contribution in [0.15, 0.2) is 18.2 Å². The fourth-order valence-electron chi connectivity index (χ4n) is 2.62. The van der Waals surface area contributed by atoms with Gasteiger partial charge >= 0.3 is 0 Å². The van der Waals surface area contributed by atoms with E-state index in [0.717, 1.165) is 18.0 Å². The van der Waals surface area contributed by atoms with Gasteiger partial charge in [-0.25, -0.2) is 0 Å². The van der Waals surface area contributed by atoms with Crippen LogP contribution in [0, 0.1) is 6.92 Å². The summed E-state index contributed by atoms with van der Waals surface area (Å²) in [6, 6.07) is 6.72. The normalized spacial score (nSPS) is 16.3. The van der Waals surface area contributed by atoms with Crippen LogP contribution in [0.1, 0.15) is 37.7 Å². The molecule has 1 fully saturated rings. The standard InChI is InChI=1S/C16H25NO2/c1-13-8-9-15(16(12-13)18-2)19-11-10-17-14-6-4-3-5-7-14/h8-9,12,14,17H,3-7,10-11H2,1-2H3. The van der Waals surface area contributed by atoms with Gasteiger partial charge < -0.3 is 14.8 Å². The van der Waals surface area contributed by atoms with Gasteiger partial charge in [-0.05, 0) is 37.5 Å². The van der Waals surface area contributed by atoms with E-state index in [1.165, 1.54) is 37.7 Å². The average Bonchev–Trinajstić information content (AvgIpc) is 2.46. The molecule has 1 aromatic rings. The minimum absolute atomic E-state index is 0.690. The Morgan fingerprint density at radius 2 is 1.95 bits per heavy atom. The molecule has 0 saturated heterocycles. The molecule has 1 aliphatic carbocycles. The highest BCUT2D eigenvalue weighted by Gasteiger charge is 2.12. The van der Waals surface area contributed by atoms with Crippen molar-refractivity contribution in [2.75, 3.05) is 20.3 Å². The van der Waals surface area contributed by atoms with E-state index in [-0.39, 0.29) is 0 Å². The molecule has 2 rings (SSSR count). The van der Waals surface area contributed by atoms with Crippen LogP contribution >= 0.6 is 0 Å². The molecule has 3 nitrogen and oxygen atoms in total. The van der Waals surface area contributed by atoms with E-state index in [1.54, 1.807) is 7.11 Å². The number of ether oxygens (including phenoxy) is 2. The molecule has 0 spiro atoms. The predicted molar refractivity (Wildman–Crippen MR) is 78.1 cm³/mol. The first-order valence-electron chi connectivity index (χ1n) is 7.30. The molecule has 0 heterocycles. The van der Waals surface area contributed by atoms with E-state index in [2.05, 4.69) is 12.2 Å². The maximum Gasteiger partial charge on any atom is 0.161 e. The summed E-state index contributed by atoms with van der Waals surface area (Å²) in [6.45, 7) is 3.65. The first-order chi connectivity index (χ1) is 9.29. The van der Waals surface area contributed by atoms with E-state index < -0.39 is 0 Å². The van der Waals surface area contributed by atoms with Gasteiger partial charge in [-0.3, -0.25) is 0 Å². The minimum atomic E-state index is 0.690. The van der Waals surface area contributed by atoms with Crippen molar-refractivity contribution in [3.8, 4) is 11.5 Å². The Morgan fingerprint density at radius 3 is 2.68 bits per heavy atom. The van der Waals surface area contributed by atoms with Crippen molar-refractivity contribution in [3.05, 3.63) is 23.8 Å². The van der Waals surface area contributed by atoms with E-state index in [4.69, 9.17) is 9.47 Å². The summed E-state index contributed by atoms with van der Waals surface area (Å²) in [4.78, 5) is 0. The zero-order valence-corrected chi connectivity index (χ0v) is 12.1. The molecule has 19 heavy (non-hydrogen) atoms. The Morgan fingerprint density at radius 1 is 1.16 bits per heavy atom. The third-order valence-electron chi connectivity index (χ3n) is 3.72. The van der Waals surface area contributed by atoms with Crippen molar-refractivity contribution in [2.24, 2.45) is 0 Å². The van der Waals surface area contributed by atoms with E-state index in [9.17, 15) is 0 Å². The van der Waals surface area contributed by atoms with Crippen LogP contribution in [-0.4, -0.2) is 26.3 Å². The van der Waals surface area contributed by atoms with Crippen LogP contribution < -0.4 is 14.8 Å². The molecule has 1 N–H and O–H groups in total. The number of methoxy groups -OCH3 is 1. The van der Waals surface area contributed by atoms with Gasteiger partial charge in [0.15, 0.2) is 11.5 Å². The Balaban J connectivity index is 1.73. The summed E-state index contributed by atoms with van der Waals surface area (Å²) in [5, 5.41) is 3.57. The lowest BCUT2D eigenvalue weighted by molar-refractivity contribution is 0.275. The Kier molecular flexibility index (Phi) is 5.52. The second-order valence-electron chi connectivity index (χ2n) is 5.29. The Bertz CT molecular complexity index is 386. The smallest absolute Gasteiger partial charge is 0.161 e. The molecule has 0 aliphatic heterocycles. The summed E-state index contributed by atoms with van der Waals surface area (Å²) in [6.07, 6.45) is 6.76. The summed E-state index contributed by atoms with van der Waals surface area (Å²) in [5.41, 5.74) is 1.18. The summed E-state index contributed by atoms with van der Waals surface area (Å²) in [5.74, 6) is 1.65. The Hall–Kier alpha value is -1.22. The zero-order valence-electron chi connectivity index (χ0n) is 12.1. The highest BCUT2D eigenvalue weighted by atomic mass is 16.5. The van der Waals surface area contributed by atoms with Crippen molar-refractivity contribution in [3.63, 3.8) is 0 Å². The molecular formula is C16H25NO2. The summed E-state index contributed by atoms with van der Waals surface area (Å²) in [7, 11) is 1.68. The minimum Gasteiger partial charge on any atom is -0.493 e. The monoisotopic (exact) mass is 263 g/mol. The van der Waals surface area contributed by atoms with Gasteiger partial charge in [0.2, 0.25) is 0 Å². The van der Waals surface area contributed by atoms with Crippen molar-refractivity contribution in [1.82, 2.24) is 5.32 Å². The van der Waals surface area contributed by atoms with Crippen LogP contribution in [0.4, 0.5) is 0 Å². The van der Waals surface area contributed by atoms with Crippen molar-refractivity contribution in [1.29, 1.82) is 0 Å². The third kappa shape index (κ3) is 4.43. The number of rotatable bonds is 6. The van der Waals surface area contributed by atoms with Gasteiger partial charge in [-0.1, -0.05) is 25.3 Å². The van der Waals surface area contributed by atoms with Gasteiger partial charge in [0.25, 0.3) is 0 Å². The maximum absolute atomic E-state index is 5.79. The van der Waals surface area contributed by atoms with Crippen LogP contribution in [0.5, 0.6) is 11.5 Å². The first-order valence-corrected chi connectivity index (χ1v) is 7.30. The van der Waals surface area contributed by atoms with Gasteiger partial charge in [-0.2, -0.15) is 0 Å². The van der Waals surface area contributed by atoms with Crippen molar-refractivity contribution >= 4 is 0 Å². The second kappa shape index (κ2) is 7.39. The number of hydrogen-bond acceptors (Lipinski definition) is 3. The number of nitrogens with one attached hydrogen (secondary N) is 1. The topological polar surface area (TPSA) is 30.5 Å². The zero-order chi connectivity index (χ0) is 13.5. The number of aryl methyl sites for hydroxylation is 1. The largest absolute Gasteiger partial charge is 0.493 e. The summed E-state index contributed by atoms with van der Waals surface area (Å²) >= 11 is 0. The van der Waals surface area contributed by atoms with E-state index in [1.807, 2.05) is 18.2 Å². The molecule has 0 atom stereocenters. The maximum atomic E-state index is 5.79. The quantitative estimate of drug-likeness (QED) is 0.799. The lowest BCUT2D eigenvalue weighted by atomic mass is 9.96. The molecule has 1 aromatic carbocycles. The Labute approximate surface area is 116 Å². The van der Waals surface area contributed by atoms with Gasteiger partial charge in [-0.15, -0.1) is 0 Å². The second-order valence-corrected chi connectivity index (χ2v) is 5.29. The predicted octanol–water partition coefficient (Wildman–Crippen LogP) is 3.30. The van der Waals surface area contributed by atoms with E-state index >= 15 is 0 Å². The molecule has 3 heteroatoms. The van der Waals surface area contributed by atoms with Crippen LogP contribution in [0.2, 0.25) is 0 Å². The average molecular weight is 263 g/mol. The third-order valence-corrected chi connectivity index (χ3v) is 3.72. The van der Waals surface area contributed by atoms with Crippen LogP contribution in [0.25, 0.3) is 0 Å². The van der Waals surface area contributed by atoms with Gasteiger partial charge in [0, 0.05) is 12.6 Å². The molecule has 1 aliphatic rings. The van der Waals surface area contributed by atoms with Crippen molar-refractivity contribution < 1.29 is 9.47 Å². The molecule has 0 amide bonds. The molecule has 1 saturated carbocycles. The molecule has 0 aromatic heterocycles. The number of hydrogen-bond donors (Lipinski definition) is 1. The SMILES string of the molecule is COc1cc(C)ccc1OCCNC1CCCCC1. The highest BCUT2D eigenvalue weighted by Crippen LogP contribution is 2.27. The first kappa shape index (κ1) is 14.2. The lowest BCUT2D eigenvalue weighted by Crippen LogP contribution is -2.34. The van der Waals surface area contributed by atoms with Crippen molar-refractivity contribution in [2.45, 2.75) is 45.1 Å².